The van der Waals surface area contributed by atoms with Gasteiger partial charge in [-0.15, -0.1) is 0 Å². The maximum atomic E-state index is 12.4. The Kier molecular flexibility index (Phi) is 17.5. The predicted octanol–water partition coefficient (Wildman–Crippen LogP) is 7.24. The Morgan fingerprint density at radius 2 is 1.40 bits per heavy atom. The van der Waals surface area contributed by atoms with Gasteiger partial charge in [0.1, 0.15) is 5.82 Å². The van der Waals surface area contributed by atoms with Crippen molar-refractivity contribution >= 4 is 34.3 Å². The van der Waals surface area contributed by atoms with Crippen molar-refractivity contribution in [3.8, 4) is 0 Å². The van der Waals surface area contributed by atoms with Gasteiger partial charge in [0.15, 0.2) is 0 Å². The van der Waals surface area contributed by atoms with Crippen molar-refractivity contribution in [1.82, 2.24) is 15.2 Å². The highest BCUT2D eigenvalue weighted by Crippen LogP contribution is 2.15. The molecule has 6 heteroatoms. The molecule has 2 heterocycles. The van der Waals surface area contributed by atoms with Gasteiger partial charge in [0.2, 0.25) is 0 Å². The van der Waals surface area contributed by atoms with Crippen molar-refractivity contribution in [1.29, 1.82) is 0 Å². The number of aromatic nitrogens is 1. The molecule has 1 N–H and O–H groups in total. The normalized spacial score (nSPS) is 14.4. The van der Waals surface area contributed by atoms with E-state index in [1.807, 2.05) is 12.1 Å². The smallest absolute Gasteiger partial charge is 0.252 e. The molecule has 1 aromatic heterocycles. The van der Waals surface area contributed by atoms with Gasteiger partial charge in [-0.25, -0.2) is 4.98 Å². The molecular formula is C29H51IN4O. The lowest BCUT2D eigenvalue weighted by Crippen LogP contribution is -2.46. The number of nitrogens with zero attached hydrogens (tertiary/aromatic N) is 3. The van der Waals surface area contributed by atoms with Crippen LogP contribution in [0.1, 0.15) is 114 Å². The van der Waals surface area contributed by atoms with Gasteiger partial charge in [-0.3, -0.25) is 9.69 Å². The van der Waals surface area contributed by atoms with Crippen LogP contribution >= 0.6 is 22.6 Å². The summed E-state index contributed by atoms with van der Waals surface area (Å²) in [6, 6.07) is 3.93. The van der Waals surface area contributed by atoms with Crippen LogP contribution in [0.15, 0.2) is 18.3 Å². The first-order valence-corrected chi connectivity index (χ1v) is 16.0. The SMILES string of the molecule is CCCCN1CCN(c2ccc(C(=O)NCCCCCCCCCCCCCCCI)cn2)CC1. The third-order valence-electron chi connectivity index (χ3n) is 7.13. The zero-order valence-corrected chi connectivity index (χ0v) is 24.6. The van der Waals surface area contributed by atoms with E-state index in [-0.39, 0.29) is 5.91 Å². The number of amides is 1. The number of halogens is 1. The van der Waals surface area contributed by atoms with Gasteiger partial charge in [0.05, 0.1) is 5.56 Å². The number of alkyl halides is 1. The number of rotatable bonds is 20. The van der Waals surface area contributed by atoms with E-state index in [4.69, 9.17) is 0 Å². The molecule has 1 amide bonds. The van der Waals surface area contributed by atoms with Crippen molar-refractivity contribution in [2.75, 3.05) is 48.6 Å². The fraction of sp³-hybridized carbons (Fsp3) is 0.793. The molecule has 0 bridgehead atoms. The average molecular weight is 599 g/mol. The summed E-state index contributed by atoms with van der Waals surface area (Å²) in [6.07, 6.45) is 21.8. The Morgan fingerprint density at radius 1 is 0.829 bits per heavy atom. The number of unbranched alkanes of at least 4 members (excludes halogenated alkanes) is 13. The van der Waals surface area contributed by atoms with Gasteiger partial charge in [-0.1, -0.05) is 107 Å². The average Bonchev–Trinajstić information content (AvgIpc) is 2.90. The van der Waals surface area contributed by atoms with E-state index in [0.29, 0.717) is 5.56 Å². The first-order valence-electron chi connectivity index (χ1n) is 14.5. The first-order chi connectivity index (χ1) is 17.2. The standard InChI is InChI=1S/C29H51IN4O/c1-2-3-21-33-22-24-34(25-23-33)28-18-17-27(26-32-28)29(35)31-20-16-14-12-10-8-6-4-5-7-9-11-13-15-19-30/h17-18,26H,2-16,19-25H2,1H3,(H,31,35). The number of carbonyl (C=O) groups is 1. The topological polar surface area (TPSA) is 48.5 Å². The van der Waals surface area contributed by atoms with Crippen LogP contribution in [0.4, 0.5) is 5.82 Å². The van der Waals surface area contributed by atoms with Crippen molar-refractivity contribution in [2.24, 2.45) is 0 Å². The summed E-state index contributed by atoms with van der Waals surface area (Å²) in [4.78, 5) is 21.9. The largest absolute Gasteiger partial charge is 0.354 e. The maximum absolute atomic E-state index is 12.4. The zero-order chi connectivity index (χ0) is 25.0. The number of nitrogens with one attached hydrogen (secondary N) is 1. The fourth-order valence-corrected chi connectivity index (χ4v) is 5.30. The molecule has 0 radical (unpaired) electrons. The molecule has 1 aromatic rings. The van der Waals surface area contributed by atoms with Crippen LogP contribution in [0.25, 0.3) is 0 Å². The molecule has 1 fully saturated rings. The summed E-state index contributed by atoms with van der Waals surface area (Å²) in [5.41, 5.74) is 0.667. The van der Waals surface area contributed by atoms with Crippen LogP contribution in [-0.4, -0.2) is 59.5 Å². The maximum Gasteiger partial charge on any atom is 0.252 e. The quantitative estimate of drug-likeness (QED) is 0.0977. The Bertz CT molecular complexity index is 647. The highest BCUT2D eigenvalue weighted by molar-refractivity contribution is 14.1. The second kappa shape index (κ2) is 20.2. The predicted molar refractivity (Wildman–Crippen MR) is 159 cm³/mol. The molecule has 1 saturated heterocycles. The summed E-state index contributed by atoms with van der Waals surface area (Å²) in [6.45, 7) is 8.44. The lowest BCUT2D eigenvalue weighted by atomic mass is 10.0. The summed E-state index contributed by atoms with van der Waals surface area (Å²) in [7, 11) is 0. The van der Waals surface area contributed by atoms with Crippen LogP contribution in [0.3, 0.4) is 0 Å². The molecule has 35 heavy (non-hydrogen) atoms. The van der Waals surface area contributed by atoms with Crippen LogP contribution in [-0.2, 0) is 0 Å². The van der Waals surface area contributed by atoms with E-state index in [9.17, 15) is 4.79 Å². The molecule has 0 aliphatic carbocycles. The van der Waals surface area contributed by atoms with Gasteiger partial charge in [0, 0.05) is 38.9 Å². The van der Waals surface area contributed by atoms with Crippen LogP contribution in [0, 0.1) is 0 Å². The number of hydrogen-bond donors (Lipinski definition) is 1. The van der Waals surface area contributed by atoms with E-state index in [0.717, 1.165) is 45.0 Å². The molecule has 0 spiro atoms. The van der Waals surface area contributed by atoms with Crippen LogP contribution in [0.2, 0.25) is 0 Å². The molecule has 5 nitrogen and oxygen atoms in total. The first kappa shape index (κ1) is 30.3. The number of anilines is 1. The fourth-order valence-electron chi connectivity index (χ4n) is 4.76. The minimum Gasteiger partial charge on any atom is -0.354 e. The Labute approximate surface area is 229 Å². The molecule has 1 aliphatic rings. The van der Waals surface area contributed by atoms with Crippen LogP contribution in [0.5, 0.6) is 0 Å². The highest BCUT2D eigenvalue weighted by Gasteiger charge is 2.17. The molecule has 0 atom stereocenters. The second-order valence-corrected chi connectivity index (χ2v) is 11.2. The highest BCUT2D eigenvalue weighted by atomic mass is 127. The monoisotopic (exact) mass is 598 g/mol. The second-order valence-electron chi connectivity index (χ2n) is 10.1. The van der Waals surface area contributed by atoms with Gasteiger partial charge in [-0.2, -0.15) is 0 Å². The molecule has 1 aliphatic heterocycles. The van der Waals surface area contributed by atoms with Gasteiger partial charge in [0.25, 0.3) is 5.91 Å². The molecular weight excluding hydrogens is 547 g/mol. The van der Waals surface area contributed by atoms with Crippen molar-refractivity contribution in [3.63, 3.8) is 0 Å². The lowest BCUT2D eigenvalue weighted by molar-refractivity contribution is 0.0952. The lowest BCUT2D eigenvalue weighted by Gasteiger charge is -2.35. The van der Waals surface area contributed by atoms with E-state index in [2.05, 4.69) is 49.6 Å². The Balaban J connectivity index is 1.45. The van der Waals surface area contributed by atoms with E-state index in [1.54, 1.807) is 6.20 Å². The Hall–Kier alpha value is -0.890. The molecule has 0 saturated carbocycles. The number of carbonyl (C=O) groups excluding carboxylic acids is 1. The number of piperazine rings is 1. The summed E-state index contributed by atoms with van der Waals surface area (Å²) in [5.74, 6) is 0.992. The summed E-state index contributed by atoms with van der Waals surface area (Å²) >= 11 is 2.48. The van der Waals surface area contributed by atoms with Crippen molar-refractivity contribution in [3.05, 3.63) is 23.9 Å². The minimum atomic E-state index is 0.00253. The van der Waals surface area contributed by atoms with Gasteiger partial charge in [-0.05, 0) is 42.4 Å². The summed E-state index contributed by atoms with van der Waals surface area (Å²) in [5, 5.41) is 3.07. The number of pyridine rings is 1. The number of hydrogen-bond acceptors (Lipinski definition) is 4. The van der Waals surface area contributed by atoms with Crippen molar-refractivity contribution < 1.29 is 4.79 Å². The molecule has 0 unspecified atom stereocenters. The molecule has 2 rings (SSSR count). The third-order valence-corrected chi connectivity index (χ3v) is 7.89. The van der Waals surface area contributed by atoms with E-state index in [1.165, 1.54) is 101 Å². The zero-order valence-electron chi connectivity index (χ0n) is 22.4. The molecule has 200 valence electrons. The third kappa shape index (κ3) is 13.8. The van der Waals surface area contributed by atoms with Gasteiger partial charge < -0.3 is 10.2 Å². The van der Waals surface area contributed by atoms with Gasteiger partial charge >= 0.3 is 0 Å². The van der Waals surface area contributed by atoms with E-state index < -0.39 is 0 Å². The van der Waals surface area contributed by atoms with Crippen molar-refractivity contribution in [2.45, 2.75) is 103 Å². The minimum absolute atomic E-state index is 0.00253. The summed E-state index contributed by atoms with van der Waals surface area (Å²) < 4.78 is 1.31. The van der Waals surface area contributed by atoms with E-state index >= 15 is 0 Å². The Morgan fingerprint density at radius 3 is 1.91 bits per heavy atom. The molecule has 0 aromatic carbocycles. The van der Waals surface area contributed by atoms with Crippen LogP contribution < -0.4 is 10.2 Å².